The Morgan fingerprint density at radius 3 is 2.88 bits per heavy atom. The van der Waals surface area contributed by atoms with Gasteiger partial charge in [-0.1, -0.05) is 17.7 Å². The minimum Gasteiger partial charge on any atom is -0.376 e. The van der Waals surface area contributed by atoms with Crippen LogP contribution in [0.15, 0.2) is 30.3 Å². The number of hydrogen-bond acceptors (Lipinski definition) is 2. The third-order valence-corrected chi connectivity index (χ3v) is 4.79. The van der Waals surface area contributed by atoms with Gasteiger partial charge in [0.2, 0.25) is 0 Å². The molecule has 1 saturated heterocycles. The van der Waals surface area contributed by atoms with E-state index in [1.54, 1.807) is 0 Å². The molecule has 5 nitrogen and oxygen atoms in total. The first-order chi connectivity index (χ1) is 12.0. The van der Waals surface area contributed by atoms with Crippen LogP contribution in [0, 0.1) is 13.8 Å². The minimum absolute atomic E-state index is 0.152. The summed E-state index contributed by atoms with van der Waals surface area (Å²) in [6.45, 7) is 5.94. The quantitative estimate of drug-likeness (QED) is 0.852. The van der Waals surface area contributed by atoms with Crippen LogP contribution >= 0.6 is 11.6 Å². The number of ether oxygens (including phenoxy) is 1. The van der Waals surface area contributed by atoms with Crippen molar-refractivity contribution in [3.8, 4) is 5.69 Å². The van der Waals surface area contributed by atoms with Crippen LogP contribution in [0.25, 0.3) is 5.69 Å². The van der Waals surface area contributed by atoms with Crippen LogP contribution in [0.3, 0.4) is 0 Å². The van der Waals surface area contributed by atoms with Gasteiger partial charge in [-0.2, -0.15) is 0 Å². The number of benzene rings is 1. The number of carbonyl (C=O) groups is 1. The van der Waals surface area contributed by atoms with Crippen molar-refractivity contribution in [2.45, 2.75) is 39.3 Å². The first-order valence-electron chi connectivity index (χ1n) is 8.61. The highest BCUT2D eigenvalue weighted by Gasteiger charge is 2.16. The summed E-state index contributed by atoms with van der Waals surface area (Å²) in [7, 11) is 0. The molecule has 1 atom stereocenters. The zero-order valence-corrected chi connectivity index (χ0v) is 15.4. The first kappa shape index (κ1) is 17.8. The number of hydrogen-bond donors (Lipinski definition) is 2. The van der Waals surface area contributed by atoms with Gasteiger partial charge in [0.05, 0.1) is 6.10 Å². The topological polar surface area (TPSA) is 55.3 Å². The molecule has 0 spiro atoms. The maximum absolute atomic E-state index is 12.0. The molecule has 2 aromatic rings. The first-order valence-corrected chi connectivity index (χ1v) is 8.99. The van der Waals surface area contributed by atoms with Crippen LogP contribution in [0.2, 0.25) is 5.02 Å². The largest absolute Gasteiger partial charge is 0.376 e. The molecule has 2 amide bonds. The lowest BCUT2D eigenvalue weighted by atomic mass is 10.2. The predicted octanol–water partition coefficient (Wildman–Crippen LogP) is 3.73. The van der Waals surface area contributed by atoms with E-state index in [0.717, 1.165) is 42.1 Å². The van der Waals surface area contributed by atoms with Gasteiger partial charge in [0.1, 0.15) is 0 Å². The molecule has 2 N–H and O–H groups in total. The lowest BCUT2D eigenvalue weighted by Gasteiger charge is -2.12. The van der Waals surface area contributed by atoms with E-state index in [4.69, 9.17) is 16.3 Å². The van der Waals surface area contributed by atoms with Crippen LogP contribution in [-0.4, -0.2) is 29.9 Å². The Hall–Kier alpha value is -1.98. The summed E-state index contributed by atoms with van der Waals surface area (Å²) in [5, 5.41) is 6.50. The standard InChI is InChI=1S/C19H24ClN3O2/c1-13-9-15(11-21-19(24)22-12-18-7-4-8-25-18)14(2)23(13)17-6-3-5-16(20)10-17/h3,5-6,9-10,18H,4,7-8,11-12H2,1-2H3,(H2,21,22,24)/t18-/m0/s1. The molecule has 0 unspecified atom stereocenters. The van der Waals surface area contributed by atoms with E-state index in [9.17, 15) is 4.79 Å². The monoisotopic (exact) mass is 361 g/mol. The van der Waals surface area contributed by atoms with Crippen molar-refractivity contribution in [3.05, 3.63) is 52.3 Å². The van der Waals surface area contributed by atoms with Crippen molar-refractivity contribution in [1.82, 2.24) is 15.2 Å². The van der Waals surface area contributed by atoms with Crippen molar-refractivity contribution in [1.29, 1.82) is 0 Å². The molecule has 1 aliphatic rings. The van der Waals surface area contributed by atoms with Gasteiger partial charge in [-0.3, -0.25) is 0 Å². The number of aryl methyl sites for hydroxylation is 1. The third kappa shape index (κ3) is 4.35. The maximum Gasteiger partial charge on any atom is 0.315 e. The Bertz CT molecular complexity index is 751. The number of nitrogens with one attached hydrogen (secondary N) is 2. The van der Waals surface area contributed by atoms with Crippen molar-refractivity contribution >= 4 is 17.6 Å². The molecule has 6 heteroatoms. The lowest BCUT2D eigenvalue weighted by molar-refractivity contribution is 0.111. The summed E-state index contributed by atoms with van der Waals surface area (Å²) in [5.74, 6) is 0. The highest BCUT2D eigenvalue weighted by Crippen LogP contribution is 2.22. The minimum atomic E-state index is -0.164. The second-order valence-corrected chi connectivity index (χ2v) is 6.85. The molecule has 0 radical (unpaired) electrons. The van der Waals surface area contributed by atoms with Crippen LogP contribution < -0.4 is 10.6 Å². The highest BCUT2D eigenvalue weighted by atomic mass is 35.5. The van der Waals surface area contributed by atoms with Crippen molar-refractivity contribution < 1.29 is 9.53 Å². The predicted molar refractivity (Wildman–Crippen MR) is 99.5 cm³/mol. The number of halogens is 1. The van der Waals surface area contributed by atoms with Gasteiger partial charge in [-0.25, -0.2) is 4.79 Å². The Morgan fingerprint density at radius 2 is 2.16 bits per heavy atom. The molecule has 0 bridgehead atoms. The third-order valence-electron chi connectivity index (χ3n) is 4.56. The molecule has 1 aliphatic heterocycles. The van der Waals surface area contributed by atoms with E-state index >= 15 is 0 Å². The van der Waals surface area contributed by atoms with Gasteiger partial charge in [-0.05, 0) is 56.5 Å². The molecule has 3 rings (SSSR count). The molecule has 0 saturated carbocycles. The molecular formula is C19H24ClN3O2. The highest BCUT2D eigenvalue weighted by molar-refractivity contribution is 6.30. The van der Waals surface area contributed by atoms with Gasteiger partial charge in [0, 0.05) is 41.8 Å². The van der Waals surface area contributed by atoms with Gasteiger partial charge in [0.15, 0.2) is 0 Å². The molecule has 134 valence electrons. The Balaban J connectivity index is 1.61. The fourth-order valence-electron chi connectivity index (χ4n) is 3.27. The molecule has 2 heterocycles. The molecule has 25 heavy (non-hydrogen) atoms. The number of amides is 2. The second kappa shape index (κ2) is 7.93. The summed E-state index contributed by atoms with van der Waals surface area (Å²) in [6.07, 6.45) is 2.24. The van der Waals surface area contributed by atoms with Crippen molar-refractivity contribution in [2.75, 3.05) is 13.2 Å². The van der Waals surface area contributed by atoms with Gasteiger partial charge in [0.25, 0.3) is 0 Å². The number of nitrogens with zero attached hydrogens (tertiary/aromatic N) is 1. The molecule has 1 aromatic heterocycles. The zero-order chi connectivity index (χ0) is 17.8. The van der Waals surface area contributed by atoms with Crippen LogP contribution in [-0.2, 0) is 11.3 Å². The fraction of sp³-hybridized carbons (Fsp3) is 0.421. The van der Waals surface area contributed by atoms with Crippen LogP contribution in [0.5, 0.6) is 0 Å². The van der Waals surface area contributed by atoms with E-state index in [2.05, 4.69) is 35.1 Å². The average molecular weight is 362 g/mol. The SMILES string of the molecule is Cc1cc(CNC(=O)NC[C@@H]2CCCO2)c(C)n1-c1cccc(Cl)c1. The number of rotatable bonds is 5. The smallest absolute Gasteiger partial charge is 0.315 e. The Kier molecular flexibility index (Phi) is 5.66. The normalized spacial score (nSPS) is 16.8. The van der Waals surface area contributed by atoms with E-state index in [1.807, 2.05) is 24.3 Å². The molecule has 1 aromatic carbocycles. The summed E-state index contributed by atoms with van der Waals surface area (Å²) < 4.78 is 7.65. The fourth-order valence-corrected chi connectivity index (χ4v) is 3.46. The summed E-state index contributed by atoms with van der Waals surface area (Å²) in [6, 6.07) is 9.69. The molecule has 0 aliphatic carbocycles. The van der Waals surface area contributed by atoms with E-state index in [0.29, 0.717) is 18.1 Å². The number of aromatic nitrogens is 1. The zero-order valence-electron chi connectivity index (χ0n) is 14.6. The van der Waals surface area contributed by atoms with Crippen LogP contribution in [0.4, 0.5) is 4.79 Å². The van der Waals surface area contributed by atoms with Gasteiger partial charge >= 0.3 is 6.03 Å². The van der Waals surface area contributed by atoms with Gasteiger partial charge in [-0.15, -0.1) is 0 Å². The van der Waals surface area contributed by atoms with E-state index in [-0.39, 0.29) is 12.1 Å². The van der Waals surface area contributed by atoms with E-state index in [1.165, 1.54) is 0 Å². The molecular weight excluding hydrogens is 338 g/mol. The van der Waals surface area contributed by atoms with E-state index < -0.39 is 0 Å². The number of carbonyl (C=O) groups excluding carboxylic acids is 1. The second-order valence-electron chi connectivity index (χ2n) is 6.41. The van der Waals surface area contributed by atoms with Crippen LogP contribution in [0.1, 0.15) is 29.8 Å². The lowest BCUT2D eigenvalue weighted by Crippen LogP contribution is -2.39. The molecule has 1 fully saturated rings. The maximum atomic E-state index is 12.0. The summed E-state index contributed by atoms with van der Waals surface area (Å²) in [5.41, 5.74) is 4.32. The summed E-state index contributed by atoms with van der Waals surface area (Å²) in [4.78, 5) is 12.0. The van der Waals surface area contributed by atoms with Crippen molar-refractivity contribution in [2.24, 2.45) is 0 Å². The average Bonchev–Trinajstić information content (AvgIpc) is 3.19. The number of urea groups is 1. The van der Waals surface area contributed by atoms with Gasteiger partial charge < -0.3 is 19.9 Å². The Morgan fingerprint density at radius 1 is 1.32 bits per heavy atom. The summed E-state index contributed by atoms with van der Waals surface area (Å²) >= 11 is 6.11. The van der Waals surface area contributed by atoms with Crippen molar-refractivity contribution in [3.63, 3.8) is 0 Å². The Labute approximate surface area is 153 Å².